The average molecular weight is 430 g/mol. The minimum atomic E-state index is 0.625. The summed E-state index contributed by atoms with van der Waals surface area (Å²) in [7, 11) is 1.79. The molecule has 0 aliphatic heterocycles. The van der Waals surface area contributed by atoms with Gasteiger partial charge in [-0.1, -0.05) is 115 Å². The topological polar surface area (TPSA) is 21.3 Å². The van der Waals surface area contributed by atoms with Gasteiger partial charge in [0, 0.05) is 6.04 Å². The molecule has 178 valence electrons. The van der Waals surface area contributed by atoms with Crippen LogP contribution in [0.4, 0.5) is 0 Å². The first-order valence-corrected chi connectivity index (χ1v) is 13.7. The molecule has 1 aromatic rings. The molecule has 0 saturated carbocycles. The Morgan fingerprint density at radius 1 is 0.774 bits per heavy atom. The predicted molar refractivity (Wildman–Crippen MR) is 136 cm³/mol. The molecular weight excluding hydrogens is 378 g/mol. The monoisotopic (exact) mass is 429 g/mol. The maximum absolute atomic E-state index is 5.57. The highest BCUT2D eigenvalue weighted by molar-refractivity contribution is 5.42. The Morgan fingerprint density at radius 3 is 1.87 bits per heavy atom. The van der Waals surface area contributed by atoms with E-state index in [1.54, 1.807) is 7.11 Å². The zero-order valence-corrected chi connectivity index (χ0v) is 20.9. The Hall–Kier alpha value is -1.02. The molecule has 1 aliphatic rings. The molecule has 0 bridgehead atoms. The second kappa shape index (κ2) is 17.5. The van der Waals surface area contributed by atoms with Crippen LogP contribution in [0.2, 0.25) is 0 Å². The summed E-state index contributed by atoms with van der Waals surface area (Å²) in [4.78, 5) is 0. The molecule has 1 N–H and O–H groups in total. The van der Waals surface area contributed by atoms with Crippen molar-refractivity contribution in [1.29, 1.82) is 0 Å². The molecule has 0 fully saturated rings. The molecule has 0 spiro atoms. The number of hydrogen-bond donors (Lipinski definition) is 1. The first-order valence-electron chi connectivity index (χ1n) is 13.7. The number of methoxy groups -OCH3 is 1. The summed E-state index contributed by atoms with van der Waals surface area (Å²) in [5, 5.41) is 3.81. The number of nitrogens with one attached hydrogen (secondary N) is 1. The molecule has 2 heteroatoms. The van der Waals surface area contributed by atoms with Crippen molar-refractivity contribution >= 4 is 0 Å². The first kappa shape index (κ1) is 26.2. The van der Waals surface area contributed by atoms with Gasteiger partial charge in [-0.05, 0) is 49.4 Å². The molecule has 0 heterocycles. The smallest absolute Gasteiger partial charge is 0.122 e. The van der Waals surface area contributed by atoms with Crippen molar-refractivity contribution in [2.75, 3.05) is 13.7 Å². The van der Waals surface area contributed by atoms with Crippen LogP contribution in [0.15, 0.2) is 18.2 Å². The number of aryl methyl sites for hydroxylation is 1. The van der Waals surface area contributed by atoms with E-state index >= 15 is 0 Å². The minimum absolute atomic E-state index is 0.625. The van der Waals surface area contributed by atoms with Crippen LogP contribution in [-0.4, -0.2) is 19.7 Å². The van der Waals surface area contributed by atoms with Gasteiger partial charge >= 0.3 is 0 Å². The molecule has 2 rings (SSSR count). The first-order chi connectivity index (χ1) is 15.3. The van der Waals surface area contributed by atoms with E-state index < -0.39 is 0 Å². The van der Waals surface area contributed by atoms with Crippen molar-refractivity contribution in [2.45, 2.75) is 135 Å². The van der Waals surface area contributed by atoms with Gasteiger partial charge in [0.05, 0.1) is 7.11 Å². The lowest BCUT2D eigenvalue weighted by molar-refractivity contribution is 0.392. The fourth-order valence-electron chi connectivity index (χ4n) is 5.10. The third-order valence-corrected chi connectivity index (χ3v) is 7.13. The van der Waals surface area contributed by atoms with Crippen LogP contribution in [0.3, 0.4) is 0 Å². The number of hydrogen-bond acceptors (Lipinski definition) is 2. The minimum Gasteiger partial charge on any atom is -0.496 e. The molecule has 0 radical (unpaired) electrons. The van der Waals surface area contributed by atoms with Crippen LogP contribution < -0.4 is 10.1 Å². The number of ether oxygens (including phenoxy) is 1. The Bertz CT molecular complexity index is 541. The fourth-order valence-corrected chi connectivity index (χ4v) is 5.10. The number of fused-ring (bicyclic) bond motifs is 1. The van der Waals surface area contributed by atoms with E-state index in [1.165, 1.54) is 133 Å². The van der Waals surface area contributed by atoms with Gasteiger partial charge in [0.15, 0.2) is 0 Å². The van der Waals surface area contributed by atoms with E-state index in [1.807, 2.05) is 0 Å². The summed E-state index contributed by atoms with van der Waals surface area (Å²) in [5.41, 5.74) is 2.92. The molecule has 1 aliphatic carbocycles. The lowest BCUT2D eigenvalue weighted by Crippen LogP contribution is -2.35. The van der Waals surface area contributed by atoms with Crippen LogP contribution in [0, 0.1) is 0 Å². The highest BCUT2D eigenvalue weighted by Crippen LogP contribution is 2.29. The van der Waals surface area contributed by atoms with Gasteiger partial charge in [0.25, 0.3) is 0 Å². The molecule has 31 heavy (non-hydrogen) atoms. The van der Waals surface area contributed by atoms with Crippen LogP contribution in [0.5, 0.6) is 5.75 Å². The normalized spacial score (nSPS) is 15.7. The molecular formula is C29H51NO. The largest absolute Gasteiger partial charge is 0.496 e. The van der Waals surface area contributed by atoms with Crippen molar-refractivity contribution in [3.63, 3.8) is 0 Å². The fraction of sp³-hybridized carbons (Fsp3) is 0.793. The number of benzene rings is 1. The molecule has 0 saturated heterocycles. The summed E-state index contributed by atoms with van der Waals surface area (Å²) >= 11 is 0. The lowest BCUT2D eigenvalue weighted by atomic mass is 9.87. The summed E-state index contributed by atoms with van der Waals surface area (Å²) in [5.74, 6) is 1.08. The molecule has 0 aromatic heterocycles. The van der Waals surface area contributed by atoms with Crippen LogP contribution in [0.1, 0.15) is 127 Å². The maximum Gasteiger partial charge on any atom is 0.122 e. The van der Waals surface area contributed by atoms with Crippen molar-refractivity contribution < 1.29 is 4.74 Å². The molecule has 1 aromatic carbocycles. The Morgan fingerprint density at radius 2 is 1.32 bits per heavy atom. The van der Waals surface area contributed by atoms with Gasteiger partial charge in [-0.3, -0.25) is 0 Å². The van der Waals surface area contributed by atoms with E-state index in [9.17, 15) is 0 Å². The molecule has 2 nitrogen and oxygen atoms in total. The van der Waals surface area contributed by atoms with Crippen LogP contribution in [-0.2, 0) is 12.8 Å². The lowest BCUT2D eigenvalue weighted by Gasteiger charge is -2.27. The summed E-state index contributed by atoms with van der Waals surface area (Å²) in [6, 6.07) is 7.13. The van der Waals surface area contributed by atoms with Crippen molar-refractivity contribution in [2.24, 2.45) is 0 Å². The second-order valence-electron chi connectivity index (χ2n) is 9.80. The summed E-state index contributed by atoms with van der Waals surface area (Å²) in [6.07, 6.45) is 26.6. The summed E-state index contributed by atoms with van der Waals surface area (Å²) in [6.45, 7) is 3.47. The third-order valence-electron chi connectivity index (χ3n) is 7.13. The molecule has 0 amide bonds. The third kappa shape index (κ3) is 11.4. The Balaban J connectivity index is 1.34. The average Bonchev–Trinajstić information content (AvgIpc) is 2.80. The van der Waals surface area contributed by atoms with Gasteiger partial charge < -0.3 is 10.1 Å². The van der Waals surface area contributed by atoms with Gasteiger partial charge in [-0.25, -0.2) is 0 Å². The van der Waals surface area contributed by atoms with Gasteiger partial charge in [-0.15, -0.1) is 0 Å². The highest BCUT2D eigenvalue weighted by Gasteiger charge is 2.20. The predicted octanol–water partition coefficient (Wildman–Crippen LogP) is 8.40. The zero-order chi connectivity index (χ0) is 22.0. The van der Waals surface area contributed by atoms with Crippen molar-refractivity contribution in [3.05, 3.63) is 29.3 Å². The van der Waals surface area contributed by atoms with Gasteiger partial charge in [0.2, 0.25) is 0 Å². The van der Waals surface area contributed by atoms with Gasteiger partial charge in [-0.2, -0.15) is 0 Å². The molecule has 1 atom stereocenters. The SMILES string of the molecule is CCCCCCCCCCCCCCCCCCNC1CCc2cccc(OC)c2C1. The summed E-state index contributed by atoms with van der Waals surface area (Å²) < 4.78 is 5.57. The molecule has 1 unspecified atom stereocenters. The van der Waals surface area contributed by atoms with E-state index in [-0.39, 0.29) is 0 Å². The Kier molecular flexibility index (Phi) is 14.8. The zero-order valence-electron chi connectivity index (χ0n) is 20.9. The Labute approximate surface area is 193 Å². The van der Waals surface area contributed by atoms with Crippen LogP contribution >= 0.6 is 0 Å². The highest BCUT2D eigenvalue weighted by atomic mass is 16.5. The standard InChI is InChI=1S/C29H51NO/c1-3-4-5-6-7-8-9-10-11-12-13-14-15-16-17-18-24-30-27-23-22-26-20-19-21-29(31-2)28(26)25-27/h19-21,27,30H,3-18,22-25H2,1-2H3. The van der Waals surface area contributed by atoms with E-state index in [0.29, 0.717) is 6.04 Å². The van der Waals surface area contributed by atoms with Crippen LogP contribution in [0.25, 0.3) is 0 Å². The quantitative estimate of drug-likeness (QED) is 0.223. The van der Waals surface area contributed by atoms with Gasteiger partial charge in [0.1, 0.15) is 5.75 Å². The van der Waals surface area contributed by atoms with E-state index in [4.69, 9.17) is 4.74 Å². The maximum atomic E-state index is 5.57. The van der Waals surface area contributed by atoms with Crippen molar-refractivity contribution in [3.8, 4) is 5.75 Å². The number of rotatable bonds is 19. The van der Waals surface area contributed by atoms with Crippen molar-refractivity contribution in [1.82, 2.24) is 5.32 Å². The van der Waals surface area contributed by atoms with E-state index in [2.05, 4.69) is 30.4 Å². The number of unbranched alkanes of at least 4 members (excludes halogenated alkanes) is 15. The second-order valence-corrected chi connectivity index (χ2v) is 9.80. The van der Waals surface area contributed by atoms with E-state index in [0.717, 1.165) is 12.2 Å².